The van der Waals surface area contributed by atoms with E-state index in [9.17, 15) is 0 Å². The van der Waals surface area contributed by atoms with Gasteiger partial charge in [0.25, 0.3) is 0 Å². The Hall–Kier alpha value is -11.6. The zero-order valence-corrected chi connectivity index (χ0v) is 63.6. The molecule has 113 heavy (non-hydrogen) atoms. The molecule has 8 heteroatoms. The molecular weight excluding hydrogens is 1440 g/mol. The predicted octanol–water partition coefficient (Wildman–Crippen LogP) is 27.9. The van der Waals surface area contributed by atoms with Crippen LogP contribution in [0, 0.1) is 35.5 Å². The number of aromatic nitrogens is 7. The van der Waals surface area contributed by atoms with Crippen LogP contribution in [0.5, 0.6) is 0 Å². The quantitative estimate of drug-likeness (QED) is 0.149. The van der Waals surface area contributed by atoms with Gasteiger partial charge in [-0.2, -0.15) is 0 Å². The van der Waals surface area contributed by atoms with Crippen molar-refractivity contribution in [1.29, 1.82) is 0 Å². The molecule has 9 aliphatic carbocycles. The van der Waals surface area contributed by atoms with Crippen molar-refractivity contribution in [2.75, 3.05) is 0 Å². The van der Waals surface area contributed by atoms with Crippen LogP contribution in [0.25, 0.3) is 149 Å². The molecule has 0 unspecified atom stereocenters. The molecule has 0 N–H and O–H groups in total. The second-order valence-electron chi connectivity index (χ2n) is 34.2. The third-order valence-corrected chi connectivity index (χ3v) is 28.3. The lowest BCUT2D eigenvalue weighted by atomic mass is 9.48. The van der Waals surface area contributed by atoms with E-state index >= 15 is 0 Å². The van der Waals surface area contributed by atoms with Gasteiger partial charge in [0.1, 0.15) is 22.1 Å². The van der Waals surface area contributed by atoms with Crippen LogP contribution in [-0.2, 0) is 17.3 Å². The topological polar surface area (TPSA) is 50.4 Å². The number of halogens is 1. The first-order valence-electron chi connectivity index (χ1n) is 40.7. The van der Waals surface area contributed by atoms with Crippen LogP contribution in [-0.4, -0.2) is 32.8 Å². The molecule has 8 saturated carbocycles. The number of para-hydroxylation sites is 7. The van der Waals surface area contributed by atoms with Crippen molar-refractivity contribution in [1.82, 2.24) is 32.8 Å². The molecule has 0 saturated heterocycles. The second kappa shape index (κ2) is 26.3. The van der Waals surface area contributed by atoms with Gasteiger partial charge in [-0.3, -0.25) is 13.7 Å². The van der Waals surface area contributed by atoms with E-state index in [2.05, 4.69) is 330 Å². The molecule has 8 fully saturated rings. The lowest BCUT2D eigenvalue weighted by molar-refractivity contribution is -0.00527. The molecule has 8 bridgehead atoms. The van der Waals surface area contributed by atoms with Crippen molar-refractivity contribution in [3.63, 3.8) is 0 Å². The molecule has 0 radical (unpaired) electrons. The Morgan fingerprint density at radius 2 is 0.549 bits per heavy atom. The zero-order valence-electron chi connectivity index (χ0n) is 62.0. The molecule has 12 aromatic carbocycles. The largest absolute Gasteiger partial charge is 0.309 e. The summed E-state index contributed by atoms with van der Waals surface area (Å²) in [6.07, 6.45) is 18.7. The number of pyridine rings is 2. The number of rotatable bonds is 7. The molecule has 0 spiro atoms. The fraction of sp³-hybridized carbons (Fsp3) is 0.219. The van der Waals surface area contributed by atoms with Crippen LogP contribution in [0.1, 0.15) is 114 Å². The first-order valence-corrected chi connectivity index (χ1v) is 41.5. The second-order valence-corrected chi connectivity index (χ2v) is 35.0. The summed E-state index contributed by atoms with van der Waals surface area (Å²) in [5.74, 6) is 8.64. The van der Waals surface area contributed by atoms with Crippen molar-refractivity contribution in [3.8, 4) is 40.0 Å². The molecule has 7 aromatic heterocycles. The number of benzene rings is 12. The van der Waals surface area contributed by atoms with E-state index in [-0.39, 0.29) is 14.9 Å². The smallest absolute Gasteiger partial charge is 0.140 e. The van der Waals surface area contributed by atoms with Crippen molar-refractivity contribution >= 4 is 125 Å². The van der Waals surface area contributed by atoms with Crippen LogP contribution in [0.4, 0.5) is 0 Å². The Kier molecular flexibility index (Phi) is 15.9. The molecule has 552 valence electrons. The summed E-state index contributed by atoms with van der Waals surface area (Å²) in [6, 6.07) is 111. The SMILES string of the molecule is Brc1cccc(-n2c3ccccc3c3cc(-n4c5ccccc5c5ccccc54)ccc32)n1.C.C.c1cc(-n2c3ccccc3c3cc(-n4c5ccccc5c5ccccc54)ccc32)nc(-n2c3ccccc3c3cc(C45CC6CC(CC(C6)C4)C5)ccc32)c1.c1ccc2c(c1)Cc1ccc(C34CC5CC(CC(C5)C3)C4)cc1-2. The Balaban J connectivity index is 0.000000114. The standard InChI is InChI=1S/C51H40N4.C29H18BrN3.C23H24.2CH4/c1-5-14-43-37(10-1)38-11-2-6-15-44(38)53(43)36-21-23-48-42(28-36)40-13-4-8-17-46(40)55(48)50-19-9-18-49(52-50)54-45-16-7-3-12-39(45)41-27-35(20-22-47(41)54)51-29-32-24-33(30-51)26-34(25-32)31-51;30-28-14-7-15-29(31-28)33-26-13-6-3-10-22(26)23-18-19(16-17-27(23)33)32-24-11-4-1-8-20(24)21-9-2-5-12-25(21)32;1-2-4-21-18(3-1)10-19-5-6-20(11-22(19)21)23-12-15-7-16(13-23)9-17(8-15)14-23;;/h1-23,27-28,32-34H,24-26,29-31H2;1-18H;1-6,11,15-17H,7-10,12-14H2;2*1H4. The third kappa shape index (κ3) is 10.6. The van der Waals surface area contributed by atoms with Gasteiger partial charge in [0, 0.05) is 65.2 Å². The highest BCUT2D eigenvalue weighted by Gasteiger charge is 2.53. The van der Waals surface area contributed by atoms with Gasteiger partial charge in [-0.05, 0) is 294 Å². The van der Waals surface area contributed by atoms with Crippen LogP contribution < -0.4 is 0 Å². The van der Waals surface area contributed by atoms with E-state index < -0.39 is 0 Å². The minimum Gasteiger partial charge on any atom is -0.309 e. The first-order chi connectivity index (χ1) is 54.8. The third-order valence-electron chi connectivity index (χ3n) is 27.9. The molecule has 7 heterocycles. The summed E-state index contributed by atoms with van der Waals surface area (Å²) in [6.45, 7) is 0. The average molecular weight is 1530 g/mol. The maximum Gasteiger partial charge on any atom is 0.140 e. The number of hydrogen-bond donors (Lipinski definition) is 0. The summed E-state index contributed by atoms with van der Waals surface area (Å²) < 4.78 is 12.6. The van der Waals surface area contributed by atoms with Gasteiger partial charge in [0.2, 0.25) is 0 Å². The molecule has 0 amide bonds. The van der Waals surface area contributed by atoms with Crippen LogP contribution in [0.3, 0.4) is 0 Å². The van der Waals surface area contributed by atoms with E-state index in [1.165, 1.54) is 181 Å². The predicted molar refractivity (Wildman–Crippen MR) is 476 cm³/mol. The summed E-state index contributed by atoms with van der Waals surface area (Å²) in [5, 5.41) is 12.6. The summed E-state index contributed by atoms with van der Waals surface area (Å²) in [5.41, 5.74) is 24.5. The normalized spacial score (nSPS) is 21.5. The van der Waals surface area contributed by atoms with Crippen LogP contribution in [0.15, 0.2) is 308 Å². The summed E-state index contributed by atoms with van der Waals surface area (Å²) in [4.78, 5) is 10.3. The van der Waals surface area contributed by atoms with Gasteiger partial charge in [0.15, 0.2) is 0 Å². The van der Waals surface area contributed by atoms with E-state index in [0.29, 0.717) is 10.8 Å². The maximum absolute atomic E-state index is 5.51. The molecule has 28 rings (SSSR count). The molecule has 9 aliphatic rings. The Bertz CT molecular complexity index is 6890. The lowest BCUT2D eigenvalue weighted by Crippen LogP contribution is -2.48. The Morgan fingerprint density at radius 3 is 0.956 bits per heavy atom. The zero-order chi connectivity index (χ0) is 72.8. The van der Waals surface area contributed by atoms with Crippen LogP contribution in [0.2, 0.25) is 0 Å². The van der Waals surface area contributed by atoms with Gasteiger partial charge in [-0.1, -0.05) is 203 Å². The van der Waals surface area contributed by atoms with Crippen LogP contribution >= 0.6 is 15.9 Å². The molecule has 7 nitrogen and oxygen atoms in total. The van der Waals surface area contributed by atoms with Crippen molar-refractivity contribution in [2.45, 2.75) is 109 Å². The highest BCUT2D eigenvalue weighted by Crippen LogP contribution is 2.63. The summed E-state index contributed by atoms with van der Waals surface area (Å²) in [7, 11) is 0. The van der Waals surface area contributed by atoms with Crippen molar-refractivity contribution in [3.05, 3.63) is 330 Å². The summed E-state index contributed by atoms with van der Waals surface area (Å²) >= 11 is 3.53. The minimum atomic E-state index is 0. The Labute approximate surface area is 667 Å². The van der Waals surface area contributed by atoms with E-state index in [1.54, 1.807) is 16.7 Å². The highest BCUT2D eigenvalue weighted by molar-refractivity contribution is 9.10. The highest BCUT2D eigenvalue weighted by atomic mass is 79.9. The van der Waals surface area contributed by atoms with Gasteiger partial charge in [-0.25, -0.2) is 9.97 Å². The number of fused-ring (bicyclic) bond motifs is 18. The maximum atomic E-state index is 5.51. The first kappa shape index (κ1) is 68.2. The van der Waals surface area contributed by atoms with E-state index in [1.807, 2.05) is 12.1 Å². The molecule has 0 aliphatic heterocycles. The molecule has 0 atom stereocenters. The van der Waals surface area contributed by atoms with E-state index in [0.717, 1.165) is 97.4 Å². The monoisotopic (exact) mass is 1530 g/mol. The number of nitrogens with zero attached hydrogens (tertiary/aromatic N) is 7. The van der Waals surface area contributed by atoms with Gasteiger partial charge < -0.3 is 9.13 Å². The minimum absolute atomic E-state index is 0. The fourth-order valence-corrected chi connectivity index (χ4v) is 24.5. The fourth-order valence-electron chi connectivity index (χ4n) is 24.2. The molecule has 19 aromatic rings. The van der Waals surface area contributed by atoms with Gasteiger partial charge in [-0.15, -0.1) is 0 Å². The number of hydrogen-bond acceptors (Lipinski definition) is 2. The van der Waals surface area contributed by atoms with Gasteiger partial charge >= 0.3 is 0 Å². The Morgan fingerprint density at radius 1 is 0.248 bits per heavy atom. The van der Waals surface area contributed by atoms with Crippen molar-refractivity contribution < 1.29 is 0 Å². The van der Waals surface area contributed by atoms with E-state index in [4.69, 9.17) is 9.97 Å². The lowest BCUT2D eigenvalue weighted by Gasteiger charge is -2.57. The average Bonchev–Trinajstić information content (AvgIpc) is 1.60. The van der Waals surface area contributed by atoms with Gasteiger partial charge in [0.05, 0.1) is 55.2 Å². The van der Waals surface area contributed by atoms with Crippen molar-refractivity contribution in [2.24, 2.45) is 35.5 Å². The molecular formula is C105H90BrN7.